The van der Waals surface area contributed by atoms with Gasteiger partial charge in [-0.05, 0) is 43.7 Å². The number of hydrogen-bond acceptors (Lipinski definition) is 4. The Kier molecular flexibility index (Phi) is 9.47. The third-order valence-corrected chi connectivity index (χ3v) is 5.04. The minimum absolute atomic E-state index is 0.0265. The quantitative estimate of drug-likeness (QED) is 0.286. The molecule has 0 aliphatic heterocycles. The van der Waals surface area contributed by atoms with Gasteiger partial charge in [-0.25, -0.2) is 0 Å². The number of likely N-dealkylation sites (N-methyl/N-ethyl adjacent to an activating group) is 2. The van der Waals surface area contributed by atoms with Crippen LogP contribution in [0.5, 0.6) is 17.2 Å². The average molecular weight is 440 g/mol. The highest BCUT2D eigenvalue weighted by Gasteiger charge is 2.21. The van der Waals surface area contributed by atoms with E-state index >= 15 is 0 Å². The molecule has 2 aromatic rings. The number of carbonyl (C=O) groups is 2. The Morgan fingerprint density at radius 1 is 1.09 bits per heavy atom. The molecule has 32 heavy (non-hydrogen) atoms. The first-order valence-corrected chi connectivity index (χ1v) is 11.0. The zero-order valence-electron chi connectivity index (χ0n) is 19.6. The molecule has 0 spiro atoms. The Labute approximate surface area is 191 Å². The number of Topliss-reactive ketones (excluding diaryl/α,β-unsaturated/α-hetero) is 1. The molecular formula is C26H35N2O4+. The zero-order chi connectivity index (χ0) is 23.6. The lowest BCUT2D eigenvalue weighted by Crippen LogP contribution is -2.49. The van der Waals surface area contributed by atoms with Crippen molar-refractivity contribution in [2.45, 2.75) is 26.7 Å². The Bertz CT molecular complexity index is 920. The zero-order valence-corrected chi connectivity index (χ0v) is 19.6. The van der Waals surface area contributed by atoms with E-state index in [4.69, 9.17) is 9.47 Å². The van der Waals surface area contributed by atoms with Gasteiger partial charge >= 0.3 is 0 Å². The number of nitrogens with one attached hydrogen (secondary N) is 1. The second kappa shape index (κ2) is 12.1. The van der Waals surface area contributed by atoms with Gasteiger partial charge in [0.2, 0.25) is 0 Å². The van der Waals surface area contributed by atoms with Gasteiger partial charge in [0.15, 0.2) is 23.8 Å². The van der Waals surface area contributed by atoms with Gasteiger partial charge in [0, 0.05) is 24.1 Å². The van der Waals surface area contributed by atoms with Gasteiger partial charge in [-0.2, -0.15) is 0 Å². The second-order valence-electron chi connectivity index (χ2n) is 8.26. The molecule has 0 aliphatic rings. The highest BCUT2D eigenvalue weighted by atomic mass is 16.5. The number of amides is 1. The molecule has 2 rings (SSSR count). The first-order chi connectivity index (χ1) is 15.3. The number of allylic oxidation sites excluding steroid dienone is 1. The molecule has 6 heteroatoms. The number of ether oxygens (including phenoxy) is 2. The van der Waals surface area contributed by atoms with Crippen LogP contribution in [0.2, 0.25) is 0 Å². The van der Waals surface area contributed by atoms with Crippen molar-refractivity contribution in [3.63, 3.8) is 0 Å². The lowest BCUT2D eigenvalue weighted by atomic mass is 10.1. The van der Waals surface area contributed by atoms with Crippen molar-refractivity contribution < 1.29 is 23.5 Å². The van der Waals surface area contributed by atoms with Crippen LogP contribution in [0.1, 0.15) is 36.2 Å². The lowest BCUT2D eigenvalue weighted by molar-refractivity contribution is -0.882. The van der Waals surface area contributed by atoms with E-state index in [9.17, 15) is 9.59 Å². The van der Waals surface area contributed by atoms with Gasteiger partial charge in [-0.15, -0.1) is 6.58 Å². The number of rotatable bonds is 13. The van der Waals surface area contributed by atoms with Crippen molar-refractivity contribution in [3.05, 3.63) is 66.2 Å². The van der Waals surface area contributed by atoms with Crippen molar-refractivity contribution in [1.29, 1.82) is 0 Å². The molecule has 0 radical (unpaired) electrons. The maximum atomic E-state index is 12.0. The van der Waals surface area contributed by atoms with E-state index in [0.29, 0.717) is 66.4 Å². The summed E-state index contributed by atoms with van der Waals surface area (Å²) in [6.07, 6.45) is 2.94. The number of nitrogens with zero attached hydrogens (tertiary/aromatic N) is 1. The molecule has 172 valence electrons. The number of hydrogen-bond donors (Lipinski definition) is 1. The number of quaternary nitrogens is 1. The third kappa shape index (κ3) is 7.54. The molecule has 0 bridgehead atoms. The topological polar surface area (TPSA) is 64.6 Å². The summed E-state index contributed by atoms with van der Waals surface area (Å²) in [6.45, 7) is 9.70. The van der Waals surface area contributed by atoms with Gasteiger partial charge in [0.1, 0.15) is 18.9 Å². The van der Waals surface area contributed by atoms with E-state index in [-0.39, 0.29) is 11.7 Å². The standard InChI is InChI=1S/C26H34N2O4/c1-6-10-21-11-9-12-24(32-22-15-13-20(14-16-22)23(29)7-2)26(21)31-18-17-28(4,5)19-25(30)27-8-3/h6,9,11-16H,1,7-8,10,17-19H2,2-5H3/p+1. The first kappa shape index (κ1) is 25.1. The van der Waals surface area contributed by atoms with Crippen molar-refractivity contribution in [3.8, 4) is 17.2 Å². The first-order valence-electron chi connectivity index (χ1n) is 11.0. The summed E-state index contributed by atoms with van der Waals surface area (Å²) >= 11 is 0. The van der Waals surface area contributed by atoms with Crippen LogP contribution in [0.15, 0.2) is 55.1 Å². The molecule has 0 fully saturated rings. The van der Waals surface area contributed by atoms with E-state index in [2.05, 4.69) is 11.9 Å². The fraction of sp³-hybridized carbons (Fsp3) is 0.385. The number of carbonyl (C=O) groups excluding carboxylic acids is 2. The van der Waals surface area contributed by atoms with Crippen molar-refractivity contribution >= 4 is 11.7 Å². The van der Waals surface area contributed by atoms with Crippen LogP contribution < -0.4 is 14.8 Å². The van der Waals surface area contributed by atoms with E-state index in [0.717, 1.165) is 5.56 Å². The summed E-state index contributed by atoms with van der Waals surface area (Å²) in [5, 5.41) is 2.84. The largest absolute Gasteiger partial charge is 0.483 e. The SMILES string of the molecule is C=CCc1cccc(Oc2ccc(C(=O)CC)cc2)c1OCC[N+](C)(C)CC(=O)NCC. The molecule has 1 N–H and O–H groups in total. The van der Waals surface area contributed by atoms with Crippen LogP contribution in [0, 0.1) is 0 Å². The molecular weight excluding hydrogens is 404 g/mol. The van der Waals surface area contributed by atoms with Crippen LogP contribution in [0.25, 0.3) is 0 Å². The average Bonchev–Trinajstić information content (AvgIpc) is 2.75. The number of para-hydroxylation sites is 1. The highest BCUT2D eigenvalue weighted by Crippen LogP contribution is 2.35. The number of benzene rings is 2. The number of ketones is 1. The maximum absolute atomic E-state index is 12.0. The van der Waals surface area contributed by atoms with E-state index in [1.807, 2.05) is 52.2 Å². The summed E-state index contributed by atoms with van der Waals surface area (Å²) in [5.41, 5.74) is 1.65. The minimum atomic E-state index is 0.0265. The lowest BCUT2D eigenvalue weighted by Gasteiger charge is -2.29. The fourth-order valence-corrected chi connectivity index (χ4v) is 3.28. The van der Waals surface area contributed by atoms with E-state index in [1.54, 1.807) is 24.3 Å². The highest BCUT2D eigenvalue weighted by molar-refractivity contribution is 5.95. The molecule has 6 nitrogen and oxygen atoms in total. The predicted octanol–water partition coefficient (Wildman–Crippen LogP) is 4.39. The second-order valence-corrected chi connectivity index (χ2v) is 8.26. The van der Waals surface area contributed by atoms with Crippen molar-refractivity contribution in [2.24, 2.45) is 0 Å². The van der Waals surface area contributed by atoms with Gasteiger partial charge in [-0.3, -0.25) is 9.59 Å². The van der Waals surface area contributed by atoms with Gasteiger partial charge in [-0.1, -0.05) is 25.1 Å². The van der Waals surface area contributed by atoms with Crippen molar-refractivity contribution in [2.75, 3.05) is 40.3 Å². The molecule has 1 amide bonds. The van der Waals surface area contributed by atoms with E-state index < -0.39 is 0 Å². The van der Waals surface area contributed by atoms with Crippen LogP contribution in [0.4, 0.5) is 0 Å². The maximum Gasteiger partial charge on any atom is 0.275 e. The van der Waals surface area contributed by atoms with Gasteiger partial charge in [0.25, 0.3) is 5.91 Å². The van der Waals surface area contributed by atoms with Crippen LogP contribution in [-0.4, -0.2) is 56.5 Å². The molecule has 0 unspecified atom stereocenters. The molecule has 0 aliphatic carbocycles. The molecule has 0 saturated heterocycles. The summed E-state index contributed by atoms with van der Waals surface area (Å²) in [7, 11) is 4.01. The fourth-order valence-electron chi connectivity index (χ4n) is 3.28. The van der Waals surface area contributed by atoms with Gasteiger partial charge < -0.3 is 19.3 Å². The Hall–Kier alpha value is -3.12. The molecule has 0 atom stereocenters. The molecule has 2 aromatic carbocycles. The summed E-state index contributed by atoms with van der Waals surface area (Å²) in [5.74, 6) is 2.03. The summed E-state index contributed by atoms with van der Waals surface area (Å²) < 4.78 is 12.8. The van der Waals surface area contributed by atoms with Crippen LogP contribution >= 0.6 is 0 Å². The minimum Gasteiger partial charge on any atom is -0.483 e. The van der Waals surface area contributed by atoms with Crippen molar-refractivity contribution in [1.82, 2.24) is 5.32 Å². The Balaban J connectivity index is 2.14. The van der Waals surface area contributed by atoms with Crippen LogP contribution in [-0.2, 0) is 11.2 Å². The smallest absolute Gasteiger partial charge is 0.275 e. The van der Waals surface area contributed by atoms with Gasteiger partial charge in [0.05, 0.1) is 14.1 Å². The predicted molar refractivity (Wildman–Crippen MR) is 128 cm³/mol. The monoisotopic (exact) mass is 439 g/mol. The summed E-state index contributed by atoms with van der Waals surface area (Å²) in [6, 6.07) is 12.9. The normalized spacial score (nSPS) is 11.0. The van der Waals surface area contributed by atoms with Crippen LogP contribution in [0.3, 0.4) is 0 Å². The third-order valence-electron chi connectivity index (χ3n) is 5.04. The Morgan fingerprint density at radius 3 is 2.44 bits per heavy atom. The summed E-state index contributed by atoms with van der Waals surface area (Å²) in [4.78, 5) is 23.8. The van der Waals surface area contributed by atoms with E-state index in [1.165, 1.54) is 0 Å². The molecule has 0 saturated carbocycles. The Morgan fingerprint density at radius 2 is 1.81 bits per heavy atom. The molecule has 0 heterocycles. The molecule has 0 aromatic heterocycles.